The van der Waals surface area contributed by atoms with Crippen LogP contribution < -0.4 is 0 Å². The van der Waals surface area contributed by atoms with E-state index in [1.165, 1.54) is 76.7 Å². The first-order valence-corrected chi connectivity index (χ1v) is 8.14. The van der Waals surface area contributed by atoms with E-state index >= 15 is 0 Å². The van der Waals surface area contributed by atoms with E-state index in [9.17, 15) is 4.79 Å². The minimum atomic E-state index is 0.0167. The molecule has 19 heavy (non-hydrogen) atoms. The normalized spacial score (nSPS) is 11.0. The fourth-order valence-electron chi connectivity index (χ4n) is 2.19. The molecule has 110 valence electrons. The van der Waals surface area contributed by atoms with Gasteiger partial charge in [0.25, 0.3) is 0 Å². The van der Waals surface area contributed by atoms with Gasteiger partial charge in [0.1, 0.15) is 0 Å². The van der Waals surface area contributed by atoms with Crippen LogP contribution in [0.2, 0.25) is 0 Å². The van der Waals surface area contributed by atoms with Gasteiger partial charge in [-0.25, -0.2) is 0 Å². The van der Waals surface area contributed by atoms with Gasteiger partial charge in [0.2, 0.25) is 0 Å². The molecule has 0 N–H and O–H groups in total. The molecule has 0 fully saturated rings. The zero-order valence-corrected chi connectivity index (χ0v) is 12.8. The molecule has 1 nitrogen and oxygen atoms in total. The molecule has 1 heteroatoms. The van der Waals surface area contributed by atoms with Crippen molar-refractivity contribution in [1.82, 2.24) is 0 Å². The number of carbonyl (C=O) groups excluding carboxylic acids is 1. The molecule has 0 amide bonds. The molecule has 0 aromatic rings. The van der Waals surface area contributed by atoms with Crippen LogP contribution in [-0.2, 0) is 4.79 Å². The molecule has 0 aliphatic carbocycles. The summed E-state index contributed by atoms with van der Waals surface area (Å²) in [5.41, 5.74) is 0. The van der Waals surface area contributed by atoms with Crippen LogP contribution in [0, 0.1) is 0 Å². The molecule has 0 atom stereocenters. The van der Waals surface area contributed by atoms with E-state index < -0.39 is 0 Å². The van der Waals surface area contributed by atoms with E-state index in [4.69, 9.17) is 0 Å². The second kappa shape index (κ2) is 15.2. The Balaban J connectivity index is 3.08. The summed E-state index contributed by atoms with van der Waals surface area (Å²) >= 11 is 0. The van der Waals surface area contributed by atoms with E-state index in [1.807, 2.05) is 6.08 Å². The van der Waals surface area contributed by atoms with Crippen LogP contribution in [0.3, 0.4) is 0 Å². The second-order valence-corrected chi connectivity index (χ2v) is 5.33. The third-order valence-electron chi connectivity index (χ3n) is 3.46. The van der Waals surface area contributed by atoms with Gasteiger partial charge in [0.15, 0.2) is 5.78 Å². The third-order valence-corrected chi connectivity index (χ3v) is 3.46. The van der Waals surface area contributed by atoms with Gasteiger partial charge in [-0.1, -0.05) is 83.8 Å². The molecule has 0 unspecified atom stereocenters. The summed E-state index contributed by atoms with van der Waals surface area (Å²) in [6.45, 7) is 5.71. The van der Waals surface area contributed by atoms with Crippen LogP contribution in [0.1, 0.15) is 84.0 Å². The zero-order chi connectivity index (χ0) is 14.2. The predicted octanol–water partition coefficient (Wildman–Crippen LogP) is 6.00. The van der Waals surface area contributed by atoms with Crippen LogP contribution in [0.5, 0.6) is 0 Å². The summed E-state index contributed by atoms with van der Waals surface area (Å²) in [5.74, 6) is 0.0167. The summed E-state index contributed by atoms with van der Waals surface area (Å²) in [4.78, 5) is 10.9. The number of allylic oxidation sites excluding steroid dienone is 3. The maximum Gasteiger partial charge on any atom is 0.177 e. The lowest BCUT2D eigenvalue weighted by Gasteiger charge is -2.01. The van der Waals surface area contributed by atoms with Gasteiger partial charge >= 0.3 is 0 Å². The van der Waals surface area contributed by atoms with Gasteiger partial charge in [-0.05, 0) is 25.0 Å². The lowest BCUT2D eigenvalue weighted by atomic mass is 10.1. The standard InChI is InChI=1S/C18H32O/c1-3-5-6-7-8-9-10-11-12-13-14-15-16-17-18(19)4-2/h4,16-17H,2-3,5-15H2,1H3. The van der Waals surface area contributed by atoms with Crippen molar-refractivity contribution in [2.45, 2.75) is 84.0 Å². The van der Waals surface area contributed by atoms with Crippen LogP contribution >= 0.6 is 0 Å². The average Bonchev–Trinajstić information content (AvgIpc) is 2.43. The van der Waals surface area contributed by atoms with Gasteiger partial charge < -0.3 is 0 Å². The van der Waals surface area contributed by atoms with Crippen molar-refractivity contribution in [3.05, 3.63) is 24.8 Å². The lowest BCUT2D eigenvalue weighted by molar-refractivity contribution is -0.110. The van der Waals surface area contributed by atoms with E-state index in [2.05, 4.69) is 13.5 Å². The van der Waals surface area contributed by atoms with Gasteiger partial charge in [0.05, 0.1) is 0 Å². The Bertz CT molecular complexity index is 240. The molecular formula is C18H32O. The molecule has 0 saturated heterocycles. The Labute approximate surface area is 120 Å². The number of rotatable bonds is 14. The number of hydrogen-bond acceptors (Lipinski definition) is 1. The number of unbranched alkanes of at least 4 members (excludes halogenated alkanes) is 11. The highest BCUT2D eigenvalue weighted by Crippen LogP contribution is 2.11. The highest BCUT2D eigenvalue weighted by atomic mass is 16.1. The third kappa shape index (κ3) is 15.1. The van der Waals surface area contributed by atoms with Crippen LogP contribution in [0.4, 0.5) is 0 Å². The maximum absolute atomic E-state index is 10.9. The van der Waals surface area contributed by atoms with Crippen molar-refractivity contribution in [3.63, 3.8) is 0 Å². The summed E-state index contributed by atoms with van der Waals surface area (Å²) in [6, 6.07) is 0. The summed E-state index contributed by atoms with van der Waals surface area (Å²) < 4.78 is 0. The minimum Gasteiger partial charge on any atom is -0.290 e. The van der Waals surface area contributed by atoms with Crippen LogP contribution in [0.15, 0.2) is 24.8 Å². The first-order valence-electron chi connectivity index (χ1n) is 8.14. The van der Waals surface area contributed by atoms with Crippen LogP contribution in [-0.4, -0.2) is 5.78 Å². The van der Waals surface area contributed by atoms with Crippen molar-refractivity contribution >= 4 is 5.78 Å². The molecule has 0 aliphatic heterocycles. The van der Waals surface area contributed by atoms with Crippen molar-refractivity contribution in [2.75, 3.05) is 0 Å². The quantitative estimate of drug-likeness (QED) is 0.278. The highest BCUT2D eigenvalue weighted by Gasteiger charge is 1.92. The van der Waals surface area contributed by atoms with Gasteiger partial charge in [-0.2, -0.15) is 0 Å². The topological polar surface area (TPSA) is 17.1 Å². The zero-order valence-electron chi connectivity index (χ0n) is 12.8. The Kier molecular flexibility index (Phi) is 14.5. The predicted molar refractivity (Wildman–Crippen MR) is 85.4 cm³/mol. The van der Waals surface area contributed by atoms with Gasteiger partial charge in [-0.3, -0.25) is 4.79 Å². The molecule has 0 bridgehead atoms. The molecular weight excluding hydrogens is 232 g/mol. The SMILES string of the molecule is C=CC(=O)C=CCCCCCCCCCCCCC. The fourth-order valence-corrected chi connectivity index (χ4v) is 2.19. The van der Waals surface area contributed by atoms with Crippen molar-refractivity contribution in [2.24, 2.45) is 0 Å². The van der Waals surface area contributed by atoms with Crippen molar-refractivity contribution in [1.29, 1.82) is 0 Å². The largest absolute Gasteiger partial charge is 0.290 e. The smallest absolute Gasteiger partial charge is 0.177 e. The molecule has 0 radical (unpaired) electrons. The summed E-state index contributed by atoms with van der Waals surface area (Å²) in [7, 11) is 0. The molecule has 0 rings (SSSR count). The van der Waals surface area contributed by atoms with Crippen molar-refractivity contribution in [3.8, 4) is 0 Å². The fraction of sp³-hybridized carbons (Fsp3) is 0.722. The van der Waals surface area contributed by atoms with E-state index in [0.29, 0.717) is 0 Å². The first-order chi connectivity index (χ1) is 9.31. The molecule has 0 heterocycles. The number of carbonyl (C=O) groups is 1. The average molecular weight is 264 g/mol. The van der Waals surface area contributed by atoms with Gasteiger partial charge in [0, 0.05) is 0 Å². The number of hydrogen-bond donors (Lipinski definition) is 0. The van der Waals surface area contributed by atoms with Crippen LogP contribution in [0.25, 0.3) is 0 Å². The Morgan fingerprint density at radius 2 is 1.32 bits per heavy atom. The minimum absolute atomic E-state index is 0.0167. The molecule has 0 aromatic carbocycles. The Morgan fingerprint density at radius 1 is 0.842 bits per heavy atom. The van der Waals surface area contributed by atoms with E-state index in [-0.39, 0.29) is 5.78 Å². The maximum atomic E-state index is 10.9. The van der Waals surface area contributed by atoms with Crippen molar-refractivity contribution < 1.29 is 4.79 Å². The summed E-state index contributed by atoms with van der Waals surface area (Å²) in [5, 5.41) is 0. The molecule has 0 aromatic heterocycles. The van der Waals surface area contributed by atoms with E-state index in [0.717, 1.165) is 6.42 Å². The lowest BCUT2D eigenvalue weighted by Crippen LogP contribution is -1.83. The van der Waals surface area contributed by atoms with E-state index in [1.54, 1.807) is 6.08 Å². The molecule has 0 aliphatic rings. The first kappa shape index (κ1) is 18.1. The Morgan fingerprint density at radius 3 is 1.79 bits per heavy atom. The molecule has 0 saturated carbocycles. The Hall–Kier alpha value is -0.850. The number of ketones is 1. The van der Waals surface area contributed by atoms with Gasteiger partial charge in [-0.15, -0.1) is 0 Å². The monoisotopic (exact) mass is 264 g/mol. The second-order valence-electron chi connectivity index (χ2n) is 5.33. The molecule has 0 spiro atoms. The summed E-state index contributed by atoms with van der Waals surface area (Å²) in [6.07, 6.45) is 21.0. The highest BCUT2D eigenvalue weighted by molar-refractivity contribution is 5.98.